The maximum Gasteiger partial charge on any atom is 0.241 e. The number of nitrogen functional groups attached to an aromatic ring is 1. The molecule has 0 saturated carbocycles. The van der Waals surface area contributed by atoms with Gasteiger partial charge < -0.3 is 16.6 Å². The van der Waals surface area contributed by atoms with E-state index in [0.29, 0.717) is 5.56 Å². The van der Waals surface area contributed by atoms with Crippen molar-refractivity contribution >= 4 is 17.7 Å². The number of anilines is 1. The lowest BCUT2D eigenvalue weighted by atomic mass is 10.1. The number of primary amides is 1. The first-order chi connectivity index (χ1) is 6.11. The van der Waals surface area contributed by atoms with E-state index in [-0.39, 0.29) is 11.4 Å². The number of carbonyl (C=O) groups excluding carboxylic acids is 1. The van der Waals surface area contributed by atoms with E-state index in [1.54, 1.807) is 18.2 Å². The van der Waals surface area contributed by atoms with Crippen molar-refractivity contribution in [3.63, 3.8) is 0 Å². The fraction of sp³-hybridized carbons (Fsp3) is 0. The van der Waals surface area contributed by atoms with Gasteiger partial charge in [0.05, 0.1) is 5.69 Å². The molecule has 13 heavy (non-hydrogen) atoms. The molecule has 5 N–H and O–H groups in total. The Hall–Kier alpha value is -1.97. The first kappa shape index (κ1) is 9.12. The van der Waals surface area contributed by atoms with E-state index in [2.05, 4.69) is 0 Å². The third kappa shape index (κ3) is 2.23. The van der Waals surface area contributed by atoms with Crippen LogP contribution in [0.15, 0.2) is 24.3 Å². The van der Waals surface area contributed by atoms with Gasteiger partial charge in [-0.05, 0) is 12.1 Å². The second-order valence-electron chi connectivity index (χ2n) is 2.52. The van der Waals surface area contributed by atoms with Gasteiger partial charge in [-0.2, -0.15) is 0 Å². The summed E-state index contributed by atoms with van der Waals surface area (Å²) >= 11 is 0. The van der Waals surface area contributed by atoms with Crippen LogP contribution in [-0.2, 0) is 4.79 Å². The van der Waals surface area contributed by atoms with Crippen LogP contribution in [0.4, 0.5) is 5.69 Å². The molecule has 0 heterocycles. The number of hydrogen-bond donors (Lipinski definition) is 3. The molecule has 0 fully saturated rings. The number of amides is 1. The Bertz CT molecular complexity index is 359. The maximum absolute atomic E-state index is 10.4. The second-order valence-corrected chi connectivity index (χ2v) is 2.52. The number of carbonyl (C=O) groups is 1. The van der Waals surface area contributed by atoms with Crippen LogP contribution in [0.2, 0.25) is 0 Å². The Balaban J connectivity index is 3.02. The first-order valence-electron chi connectivity index (χ1n) is 3.66. The molecule has 0 aliphatic rings. The van der Waals surface area contributed by atoms with E-state index in [4.69, 9.17) is 11.5 Å². The smallest absolute Gasteiger partial charge is 0.241 e. The van der Waals surface area contributed by atoms with Crippen molar-refractivity contribution < 1.29 is 9.90 Å². The Kier molecular flexibility index (Phi) is 2.54. The molecule has 0 spiro atoms. The Morgan fingerprint density at radius 3 is 2.77 bits per heavy atom. The van der Waals surface area contributed by atoms with E-state index in [1.807, 2.05) is 0 Å². The lowest BCUT2D eigenvalue weighted by Gasteiger charge is -2.00. The minimum atomic E-state index is -0.568. The number of hydrogen-bond acceptors (Lipinski definition) is 3. The van der Waals surface area contributed by atoms with Crippen LogP contribution in [0, 0.1) is 0 Å². The zero-order valence-corrected chi connectivity index (χ0v) is 6.90. The summed E-state index contributed by atoms with van der Waals surface area (Å²) in [6.07, 6.45) is 2.57. The molecule has 1 aromatic carbocycles. The number of rotatable bonds is 2. The van der Waals surface area contributed by atoms with Crippen LogP contribution in [0.5, 0.6) is 5.75 Å². The van der Waals surface area contributed by atoms with Crippen LogP contribution in [0.25, 0.3) is 6.08 Å². The summed E-state index contributed by atoms with van der Waals surface area (Å²) in [4.78, 5) is 10.4. The molecule has 0 bridgehead atoms. The van der Waals surface area contributed by atoms with Gasteiger partial charge in [0.25, 0.3) is 0 Å². The average Bonchev–Trinajstić information content (AvgIpc) is 2.07. The van der Waals surface area contributed by atoms with Gasteiger partial charge in [-0.15, -0.1) is 0 Å². The van der Waals surface area contributed by atoms with Crippen molar-refractivity contribution in [1.29, 1.82) is 0 Å². The van der Waals surface area contributed by atoms with Crippen LogP contribution < -0.4 is 11.5 Å². The maximum atomic E-state index is 10.4. The first-order valence-corrected chi connectivity index (χ1v) is 3.66. The molecule has 0 aromatic heterocycles. The summed E-state index contributed by atoms with van der Waals surface area (Å²) in [6, 6.07) is 4.87. The summed E-state index contributed by atoms with van der Waals surface area (Å²) in [5.74, 6) is -0.609. The number of para-hydroxylation sites is 1. The van der Waals surface area contributed by atoms with Crippen molar-refractivity contribution in [2.45, 2.75) is 0 Å². The minimum Gasteiger partial charge on any atom is -0.505 e. The van der Waals surface area contributed by atoms with Crippen molar-refractivity contribution in [3.8, 4) is 5.75 Å². The monoisotopic (exact) mass is 178 g/mol. The SMILES string of the molecule is NC(=O)/C=C/c1cccc(N)c1O. The summed E-state index contributed by atoms with van der Waals surface area (Å²) in [7, 11) is 0. The topological polar surface area (TPSA) is 89.3 Å². The standard InChI is InChI=1S/C9H10N2O2/c10-7-3-1-2-6(9(7)13)4-5-8(11)12/h1-5,13H,10H2,(H2,11,12)/b5-4+. The van der Waals surface area contributed by atoms with Crippen molar-refractivity contribution in [1.82, 2.24) is 0 Å². The third-order valence-corrected chi connectivity index (χ3v) is 1.53. The zero-order chi connectivity index (χ0) is 9.84. The second kappa shape index (κ2) is 3.62. The van der Waals surface area contributed by atoms with E-state index >= 15 is 0 Å². The molecule has 1 amide bonds. The van der Waals surface area contributed by atoms with Gasteiger partial charge in [-0.3, -0.25) is 4.79 Å². The quantitative estimate of drug-likeness (QED) is 0.349. The summed E-state index contributed by atoms with van der Waals surface area (Å²) in [5, 5.41) is 9.38. The fourth-order valence-electron chi connectivity index (χ4n) is 0.886. The predicted molar refractivity (Wildman–Crippen MR) is 50.7 cm³/mol. The molecule has 0 saturated heterocycles. The summed E-state index contributed by atoms with van der Waals surface area (Å²) in [5.41, 5.74) is 11.1. The predicted octanol–water partition coefficient (Wildman–Crippen LogP) is 0.473. The molecule has 0 aliphatic carbocycles. The Labute approximate surface area is 75.5 Å². The van der Waals surface area contributed by atoms with Crippen molar-refractivity contribution in [2.24, 2.45) is 5.73 Å². The highest BCUT2D eigenvalue weighted by Crippen LogP contribution is 2.25. The number of phenolic OH excluding ortho intramolecular Hbond substituents is 1. The lowest BCUT2D eigenvalue weighted by Crippen LogP contribution is -2.05. The highest BCUT2D eigenvalue weighted by atomic mass is 16.3. The van der Waals surface area contributed by atoms with Gasteiger partial charge in [-0.25, -0.2) is 0 Å². The molecule has 4 heteroatoms. The molecule has 0 unspecified atom stereocenters. The summed E-state index contributed by atoms with van der Waals surface area (Å²) < 4.78 is 0. The van der Waals surface area contributed by atoms with Crippen LogP contribution in [-0.4, -0.2) is 11.0 Å². The molecular formula is C9H10N2O2. The minimum absolute atomic E-state index is 0.0417. The van der Waals surface area contributed by atoms with Gasteiger partial charge in [0.2, 0.25) is 5.91 Å². The number of aromatic hydroxyl groups is 1. The van der Waals surface area contributed by atoms with Crippen molar-refractivity contribution in [2.75, 3.05) is 5.73 Å². The Morgan fingerprint density at radius 1 is 1.46 bits per heavy atom. The fourth-order valence-corrected chi connectivity index (χ4v) is 0.886. The number of phenols is 1. The van der Waals surface area contributed by atoms with E-state index in [1.165, 1.54) is 6.08 Å². The largest absolute Gasteiger partial charge is 0.505 e. The lowest BCUT2D eigenvalue weighted by molar-refractivity contribution is -0.113. The molecule has 4 nitrogen and oxygen atoms in total. The molecule has 0 aliphatic heterocycles. The van der Waals surface area contributed by atoms with Crippen LogP contribution in [0.1, 0.15) is 5.56 Å². The molecular weight excluding hydrogens is 168 g/mol. The van der Waals surface area contributed by atoms with Crippen LogP contribution in [0.3, 0.4) is 0 Å². The van der Waals surface area contributed by atoms with Gasteiger partial charge in [0, 0.05) is 11.6 Å². The van der Waals surface area contributed by atoms with Crippen LogP contribution >= 0.6 is 0 Å². The molecule has 1 rings (SSSR count). The molecule has 0 atom stereocenters. The van der Waals surface area contributed by atoms with Gasteiger partial charge in [-0.1, -0.05) is 12.1 Å². The number of nitrogens with two attached hydrogens (primary N) is 2. The normalized spacial score (nSPS) is 10.5. The van der Waals surface area contributed by atoms with Gasteiger partial charge >= 0.3 is 0 Å². The number of benzene rings is 1. The molecule has 1 aromatic rings. The zero-order valence-electron chi connectivity index (χ0n) is 6.90. The van der Waals surface area contributed by atoms with Gasteiger partial charge in [0.15, 0.2) is 0 Å². The van der Waals surface area contributed by atoms with Gasteiger partial charge in [0.1, 0.15) is 5.75 Å². The highest BCUT2D eigenvalue weighted by Gasteiger charge is 2.00. The highest BCUT2D eigenvalue weighted by molar-refractivity contribution is 5.91. The average molecular weight is 178 g/mol. The van der Waals surface area contributed by atoms with E-state index in [0.717, 1.165) is 6.08 Å². The summed E-state index contributed by atoms with van der Waals surface area (Å²) in [6.45, 7) is 0. The Morgan fingerprint density at radius 2 is 2.15 bits per heavy atom. The van der Waals surface area contributed by atoms with Crippen molar-refractivity contribution in [3.05, 3.63) is 29.8 Å². The van der Waals surface area contributed by atoms with E-state index < -0.39 is 5.91 Å². The molecule has 0 radical (unpaired) electrons. The van der Waals surface area contributed by atoms with E-state index in [9.17, 15) is 9.90 Å². The third-order valence-electron chi connectivity index (χ3n) is 1.53. The molecule has 68 valence electrons.